The monoisotopic (exact) mass is 223 g/mol. The average molecular weight is 224 g/mol. The highest BCUT2D eigenvalue weighted by Gasteiger charge is 1.95. The van der Waals surface area contributed by atoms with Crippen molar-refractivity contribution in [3.8, 4) is 0 Å². The molecule has 0 saturated carbocycles. The first-order chi connectivity index (χ1) is 6.84. The molecule has 0 bridgehead atoms. The molecule has 80 valence electrons. The van der Waals surface area contributed by atoms with Crippen LogP contribution in [0.15, 0.2) is 47.1 Å². The van der Waals surface area contributed by atoms with Gasteiger partial charge >= 0.3 is 0 Å². The van der Waals surface area contributed by atoms with Gasteiger partial charge in [0.15, 0.2) is 0 Å². The molecule has 1 aromatic heterocycles. The molecule has 0 radical (unpaired) electrons. The van der Waals surface area contributed by atoms with E-state index in [0.29, 0.717) is 0 Å². The highest BCUT2D eigenvalue weighted by Crippen LogP contribution is 2.10. The third-order valence-corrected chi connectivity index (χ3v) is 2.10. The van der Waals surface area contributed by atoms with E-state index < -0.39 is 0 Å². The van der Waals surface area contributed by atoms with Gasteiger partial charge in [0, 0.05) is 5.69 Å². The predicted octanol–water partition coefficient (Wildman–Crippen LogP) is 3.62. The highest BCUT2D eigenvalue weighted by atomic mass is 35.5. The molecule has 1 N–H and O–H groups in total. The van der Waals surface area contributed by atoms with E-state index in [1.165, 1.54) is 5.56 Å². The summed E-state index contributed by atoms with van der Waals surface area (Å²) in [5, 5.41) is 3.28. The van der Waals surface area contributed by atoms with Crippen molar-refractivity contribution < 1.29 is 4.42 Å². The summed E-state index contributed by atoms with van der Waals surface area (Å²) in [6.45, 7) is 2.81. The van der Waals surface area contributed by atoms with Crippen molar-refractivity contribution >= 4 is 18.1 Å². The van der Waals surface area contributed by atoms with Crippen LogP contribution in [0, 0.1) is 6.92 Å². The third kappa shape index (κ3) is 3.33. The van der Waals surface area contributed by atoms with Gasteiger partial charge in [0.2, 0.25) is 0 Å². The zero-order valence-corrected chi connectivity index (χ0v) is 9.38. The van der Waals surface area contributed by atoms with Gasteiger partial charge in [-0.15, -0.1) is 12.4 Å². The lowest BCUT2D eigenvalue weighted by molar-refractivity contribution is 0.518. The topological polar surface area (TPSA) is 25.2 Å². The number of nitrogens with one attached hydrogen (secondary N) is 1. The van der Waals surface area contributed by atoms with Crippen LogP contribution in [0.2, 0.25) is 0 Å². The second kappa shape index (κ2) is 5.47. The van der Waals surface area contributed by atoms with Crippen LogP contribution in [-0.4, -0.2) is 0 Å². The lowest BCUT2D eigenvalue weighted by atomic mass is 10.2. The number of aryl methyl sites for hydroxylation is 1. The molecule has 0 spiro atoms. The standard InChI is InChI=1S/C12H13NO.ClH/c1-10-4-6-11(7-5-10)13-9-12-3-2-8-14-12;/h2-8,13H,9H2,1H3;1H. The summed E-state index contributed by atoms with van der Waals surface area (Å²) in [5.41, 5.74) is 2.39. The van der Waals surface area contributed by atoms with E-state index in [4.69, 9.17) is 4.42 Å². The number of anilines is 1. The van der Waals surface area contributed by atoms with E-state index in [1.807, 2.05) is 12.1 Å². The molecule has 0 aliphatic heterocycles. The molecule has 1 heterocycles. The minimum absolute atomic E-state index is 0. The molecule has 2 rings (SSSR count). The molecule has 2 nitrogen and oxygen atoms in total. The summed E-state index contributed by atoms with van der Waals surface area (Å²) in [4.78, 5) is 0. The first kappa shape index (κ1) is 11.7. The zero-order valence-electron chi connectivity index (χ0n) is 8.57. The summed E-state index contributed by atoms with van der Waals surface area (Å²) in [6, 6.07) is 12.2. The van der Waals surface area contributed by atoms with E-state index in [2.05, 4.69) is 36.5 Å². The number of halogens is 1. The molecule has 15 heavy (non-hydrogen) atoms. The van der Waals surface area contributed by atoms with Crippen LogP contribution >= 0.6 is 12.4 Å². The first-order valence-electron chi connectivity index (χ1n) is 4.67. The van der Waals surface area contributed by atoms with Crippen molar-refractivity contribution in [2.24, 2.45) is 0 Å². The Hall–Kier alpha value is -1.41. The lowest BCUT2D eigenvalue weighted by Crippen LogP contribution is -1.97. The summed E-state index contributed by atoms with van der Waals surface area (Å²) in [7, 11) is 0. The Labute approximate surface area is 95.7 Å². The fraction of sp³-hybridized carbons (Fsp3) is 0.167. The van der Waals surface area contributed by atoms with Crippen LogP contribution in [0.4, 0.5) is 5.69 Å². The molecule has 1 aromatic carbocycles. The minimum Gasteiger partial charge on any atom is -0.467 e. The van der Waals surface area contributed by atoms with Crippen LogP contribution in [-0.2, 0) is 6.54 Å². The smallest absolute Gasteiger partial charge is 0.122 e. The average Bonchev–Trinajstić information content (AvgIpc) is 2.70. The summed E-state index contributed by atoms with van der Waals surface area (Å²) < 4.78 is 5.22. The lowest BCUT2D eigenvalue weighted by Gasteiger charge is -2.03. The molecule has 0 aliphatic carbocycles. The highest BCUT2D eigenvalue weighted by molar-refractivity contribution is 5.85. The third-order valence-electron chi connectivity index (χ3n) is 2.10. The largest absolute Gasteiger partial charge is 0.467 e. The zero-order chi connectivity index (χ0) is 9.80. The Morgan fingerprint density at radius 3 is 2.47 bits per heavy atom. The van der Waals surface area contributed by atoms with Gasteiger partial charge in [-0.25, -0.2) is 0 Å². The second-order valence-corrected chi connectivity index (χ2v) is 3.30. The number of hydrogen-bond donors (Lipinski definition) is 1. The fourth-order valence-corrected chi connectivity index (χ4v) is 1.27. The molecule has 3 heteroatoms. The van der Waals surface area contributed by atoms with Gasteiger partial charge in [-0.1, -0.05) is 17.7 Å². The SMILES string of the molecule is Cc1ccc(NCc2ccco2)cc1.Cl. The van der Waals surface area contributed by atoms with E-state index in [9.17, 15) is 0 Å². The van der Waals surface area contributed by atoms with Crippen LogP contribution < -0.4 is 5.32 Å². The summed E-state index contributed by atoms with van der Waals surface area (Å²) >= 11 is 0. The van der Waals surface area contributed by atoms with Gasteiger partial charge in [0.25, 0.3) is 0 Å². The van der Waals surface area contributed by atoms with Gasteiger partial charge in [0.05, 0.1) is 12.8 Å². The summed E-state index contributed by atoms with van der Waals surface area (Å²) in [5.74, 6) is 0.950. The van der Waals surface area contributed by atoms with Gasteiger partial charge < -0.3 is 9.73 Å². The van der Waals surface area contributed by atoms with Gasteiger partial charge in [-0.3, -0.25) is 0 Å². The van der Waals surface area contributed by atoms with Gasteiger partial charge in [-0.2, -0.15) is 0 Å². The Bertz CT molecular complexity index is 381. The number of hydrogen-bond acceptors (Lipinski definition) is 2. The van der Waals surface area contributed by atoms with Crippen molar-refractivity contribution in [1.29, 1.82) is 0 Å². The fourth-order valence-electron chi connectivity index (χ4n) is 1.27. The van der Waals surface area contributed by atoms with E-state index in [-0.39, 0.29) is 12.4 Å². The Morgan fingerprint density at radius 2 is 1.87 bits per heavy atom. The minimum atomic E-state index is 0. The molecule has 0 atom stereocenters. The molecule has 2 aromatic rings. The molecule has 0 fully saturated rings. The molecule has 0 unspecified atom stereocenters. The number of benzene rings is 1. The van der Waals surface area contributed by atoms with Crippen LogP contribution in [0.3, 0.4) is 0 Å². The quantitative estimate of drug-likeness (QED) is 0.860. The van der Waals surface area contributed by atoms with Crippen LogP contribution in [0.25, 0.3) is 0 Å². The van der Waals surface area contributed by atoms with Crippen molar-refractivity contribution in [3.05, 3.63) is 54.0 Å². The summed E-state index contributed by atoms with van der Waals surface area (Å²) in [6.07, 6.45) is 1.69. The second-order valence-electron chi connectivity index (χ2n) is 3.30. The van der Waals surface area contributed by atoms with E-state index >= 15 is 0 Å². The molecular formula is C12H14ClNO. The normalized spacial score (nSPS) is 9.40. The van der Waals surface area contributed by atoms with Gasteiger partial charge in [-0.05, 0) is 31.2 Å². The maximum Gasteiger partial charge on any atom is 0.122 e. The van der Waals surface area contributed by atoms with Crippen molar-refractivity contribution in [1.82, 2.24) is 0 Å². The number of rotatable bonds is 3. The molecule has 0 aliphatic rings. The van der Waals surface area contributed by atoms with Crippen molar-refractivity contribution in [3.63, 3.8) is 0 Å². The molecule has 0 saturated heterocycles. The van der Waals surface area contributed by atoms with Crippen molar-refractivity contribution in [2.75, 3.05) is 5.32 Å². The maximum absolute atomic E-state index is 5.22. The Balaban J connectivity index is 0.00000112. The predicted molar refractivity (Wildman–Crippen MR) is 64.5 cm³/mol. The maximum atomic E-state index is 5.22. The first-order valence-corrected chi connectivity index (χ1v) is 4.67. The van der Waals surface area contributed by atoms with Gasteiger partial charge in [0.1, 0.15) is 5.76 Å². The van der Waals surface area contributed by atoms with Crippen LogP contribution in [0.5, 0.6) is 0 Å². The van der Waals surface area contributed by atoms with Crippen molar-refractivity contribution in [2.45, 2.75) is 13.5 Å². The van der Waals surface area contributed by atoms with E-state index in [1.54, 1.807) is 6.26 Å². The molecular weight excluding hydrogens is 210 g/mol. The Kier molecular flexibility index (Phi) is 4.25. The van der Waals surface area contributed by atoms with E-state index in [0.717, 1.165) is 18.0 Å². The van der Waals surface area contributed by atoms with Crippen LogP contribution in [0.1, 0.15) is 11.3 Å². The Morgan fingerprint density at radius 1 is 1.13 bits per heavy atom. The number of furan rings is 1. The molecule has 0 amide bonds.